The molecule has 0 unspecified atom stereocenters. The van der Waals surface area contributed by atoms with Crippen LogP contribution in [0.1, 0.15) is 21.6 Å². The first-order valence-corrected chi connectivity index (χ1v) is 9.41. The highest BCUT2D eigenvalue weighted by molar-refractivity contribution is 6.30. The first kappa shape index (κ1) is 18.8. The summed E-state index contributed by atoms with van der Waals surface area (Å²) in [6.45, 7) is 0.478. The van der Waals surface area contributed by atoms with E-state index in [1.807, 2.05) is 30.3 Å². The fourth-order valence-corrected chi connectivity index (χ4v) is 3.29. The van der Waals surface area contributed by atoms with Crippen LogP contribution in [0.4, 0.5) is 0 Å². The molecule has 0 saturated heterocycles. The summed E-state index contributed by atoms with van der Waals surface area (Å²) in [6, 6.07) is 17.7. The fraction of sp³-hybridized carbons (Fsp3) is 0.0909. The summed E-state index contributed by atoms with van der Waals surface area (Å²) >= 11 is 5.96. The van der Waals surface area contributed by atoms with Crippen molar-refractivity contribution in [3.63, 3.8) is 0 Å². The maximum absolute atomic E-state index is 12.9. The maximum Gasteiger partial charge on any atom is 0.274 e. The summed E-state index contributed by atoms with van der Waals surface area (Å²) in [6.07, 6.45) is 3.38. The molecule has 2 aromatic heterocycles. The monoisotopic (exact) mass is 404 g/mol. The molecular formula is C22H17ClN4O2. The topological polar surface area (TPSA) is 76.9 Å². The van der Waals surface area contributed by atoms with Gasteiger partial charge in [-0.15, -0.1) is 0 Å². The molecule has 0 radical (unpaired) electrons. The minimum Gasteiger partial charge on any atom is -0.346 e. The van der Waals surface area contributed by atoms with Crippen molar-refractivity contribution in [1.29, 1.82) is 0 Å². The van der Waals surface area contributed by atoms with Crippen LogP contribution < -0.4 is 10.9 Å². The molecule has 1 amide bonds. The lowest BCUT2D eigenvalue weighted by molar-refractivity contribution is 0.0950. The number of hydrogen-bond donors (Lipinski definition) is 1. The predicted octanol–water partition coefficient (Wildman–Crippen LogP) is 3.42. The highest BCUT2D eigenvalue weighted by Crippen LogP contribution is 2.15. The van der Waals surface area contributed by atoms with Crippen LogP contribution in [0.2, 0.25) is 5.02 Å². The van der Waals surface area contributed by atoms with Gasteiger partial charge in [0.1, 0.15) is 0 Å². The molecule has 6 nitrogen and oxygen atoms in total. The molecule has 0 aliphatic rings. The Bertz CT molecular complexity index is 1240. The van der Waals surface area contributed by atoms with Gasteiger partial charge in [0.25, 0.3) is 11.5 Å². The Balaban J connectivity index is 1.67. The number of hydrogen-bond acceptors (Lipinski definition) is 4. The first-order chi connectivity index (χ1) is 14.1. The van der Waals surface area contributed by atoms with E-state index in [0.717, 1.165) is 5.56 Å². The van der Waals surface area contributed by atoms with Gasteiger partial charge in [0.05, 0.1) is 24.2 Å². The van der Waals surface area contributed by atoms with Crippen molar-refractivity contribution in [3.05, 3.63) is 105 Å². The first-order valence-electron chi connectivity index (χ1n) is 9.03. The number of carbonyl (C=O) groups excluding carboxylic acids is 1. The average molecular weight is 405 g/mol. The second-order valence-corrected chi connectivity index (χ2v) is 6.95. The number of nitrogens with zero attached hydrogens (tertiary/aromatic N) is 3. The zero-order valence-electron chi connectivity index (χ0n) is 15.4. The van der Waals surface area contributed by atoms with Gasteiger partial charge in [0, 0.05) is 28.4 Å². The SMILES string of the molecule is O=C(NCc1nn(Cc2cccnc2)c(=O)c2ccccc12)c1cccc(Cl)c1. The van der Waals surface area contributed by atoms with Gasteiger partial charge < -0.3 is 5.32 Å². The van der Waals surface area contributed by atoms with Crippen LogP contribution in [-0.4, -0.2) is 20.7 Å². The van der Waals surface area contributed by atoms with E-state index in [4.69, 9.17) is 11.6 Å². The molecule has 0 spiro atoms. The molecule has 4 rings (SSSR count). The van der Waals surface area contributed by atoms with Crippen molar-refractivity contribution in [3.8, 4) is 0 Å². The Kier molecular flexibility index (Phi) is 5.35. The van der Waals surface area contributed by atoms with Crippen LogP contribution in [0.5, 0.6) is 0 Å². The van der Waals surface area contributed by atoms with Gasteiger partial charge in [0.15, 0.2) is 0 Å². The molecule has 0 atom stereocenters. The minimum atomic E-state index is -0.261. The van der Waals surface area contributed by atoms with E-state index < -0.39 is 0 Å². The molecule has 0 fully saturated rings. The third-order valence-electron chi connectivity index (χ3n) is 4.50. The van der Waals surface area contributed by atoms with E-state index in [9.17, 15) is 9.59 Å². The Hall–Kier alpha value is -3.51. The van der Waals surface area contributed by atoms with Gasteiger partial charge in [-0.05, 0) is 35.9 Å². The summed E-state index contributed by atoms with van der Waals surface area (Å²) in [5.41, 5.74) is 1.76. The highest BCUT2D eigenvalue weighted by atomic mass is 35.5. The molecule has 2 heterocycles. The zero-order valence-corrected chi connectivity index (χ0v) is 16.1. The van der Waals surface area contributed by atoms with Crippen LogP contribution in [0.15, 0.2) is 77.9 Å². The number of amides is 1. The predicted molar refractivity (Wildman–Crippen MR) is 112 cm³/mol. The van der Waals surface area contributed by atoms with Crippen LogP contribution in [0.3, 0.4) is 0 Å². The Morgan fingerprint density at radius 1 is 1.03 bits per heavy atom. The van der Waals surface area contributed by atoms with Crippen molar-refractivity contribution in [1.82, 2.24) is 20.1 Å². The van der Waals surface area contributed by atoms with Gasteiger partial charge in [-0.2, -0.15) is 5.10 Å². The van der Waals surface area contributed by atoms with Crippen LogP contribution >= 0.6 is 11.6 Å². The summed E-state index contributed by atoms with van der Waals surface area (Å²) in [4.78, 5) is 29.4. The fourth-order valence-electron chi connectivity index (χ4n) is 3.10. The van der Waals surface area contributed by atoms with Gasteiger partial charge in [0.2, 0.25) is 0 Å². The second kappa shape index (κ2) is 8.24. The lowest BCUT2D eigenvalue weighted by Crippen LogP contribution is -2.29. The lowest BCUT2D eigenvalue weighted by atomic mass is 10.1. The molecule has 7 heteroatoms. The number of nitrogens with one attached hydrogen (secondary N) is 1. The Morgan fingerprint density at radius 3 is 2.62 bits per heavy atom. The normalized spacial score (nSPS) is 10.8. The number of halogens is 1. The van der Waals surface area contributed by atoms with E-state index >= 15 is 0 Å². The smallest absolute Gasteiger partial charge is 0.274 e. The Morgan fingerprint density at radius 2 is 1.86 bits per heavy atom. The van der Waals surface area contributed by atoms with Crippen molar-refractivity contribution >= 4 is 28.3 Å². The van der Waals surface area contributed by atoms with Crippen molar-refractivity contribution in [2.45, 2.75) is 13.1 Å². The number of rotatable bonds is 5. The molecule has 0 bridgehead atoms. The molecule has 1 N–H and O–H groups in total. The average Bonchev–Trinajstić information content (AvgIpc) is 2.75. The molecule has 0 saturated carbocycles. The van der Waals surface area contributed by atoms with Crippen molar-refractivity contribution < 1.29 is 4.79 Å². The maximum atomic E-state index is 12.9. The van der Waals surface area contributed by atoms with E-state index in [-0.39, 0.29) is 18.0 Å². The third-order valence-corrected chi connectivity index (χ3v) is 4.74. The summed E-state index contributed by atoms with van der Waals surface area (Å²) < 4.78 is 1.40. The molecule has 4 aromatic rings. The molecule has 0 aliphatic carbocycles. The van der Waals surface area contributed by atoms with E-state index in [2.05, 4.69) is 15.4 Å². The van der Waals surface area contributed by atoms with Crippen LogP contribution in [-0.2, 0) is 13.1 Å². The van der Waals surface area contributed by atoms with Crippen LogP contribution in [0, 0.1) is 0 Å². The molecule has 144 valence electrons. The number of aromatic nitrogens is 3. The number of fused-ring (bicyclic) bond motifs is 1. The number of carbonyl (C=O) groups is 1. The van der Waals surface area contributed by atoms with Gasteiger partial charge in [-0.3, -0.25) is 14.6 Å². The number of benzene rings is 2. The van der Waals surface area contributed by atoms with Gasteiger partial charge in [-0.1, -0.05) is 41.9 Å². The Labute approximate surface area is 171 Å². The quantitative estimate of drug-likeness (QED) is 0.553. The summed E-state index contributed by atoms with van der Waals surface area (Å²) in [5.74, 6) is -0.261. The van der Waals surface area contributed by atoms with E-state index in [1.165, 1.54) is 4.68 Å². The van der Waals surface area contributed by atoms with Gasteiger partial charge in [-0.25, -0.2) is 4.68 Å². The standard InChI is InChI=1S/C22H17ClN4O2/c23-17-7-3-6-16(11-17)21(28)25-13-20-18-8-1-2-9-19(18)22(29)27(26-20)14-15-5-4-10-24-12-15/h1-12H,13-14H2,(H,25,28). The summed E-state index contributed by atoms with van der Waals surface area (Å²) in [5, 5.41) is 9.13. The largest absolute Gasteiger partial charge is 0.346 e. The van der Waals surface area contributed by atoms with E-state index in [0.29, 0.717) is 33.6 Å². The molecule has 0 aliphatic heterocycles. The lowest BCUT2D eigenvalue weighted by Gasteiger charge is -2.12. The zero-order chi connectivity index (χ0) is 20.2. The number of pyridine rings is 1. The summed E-state index contributed by atoms with van der Waals surface area (Å²) in [7, 11) is 0. The second-order valence-electron chi connectivity index (χ2n) is 6.51. The van der Waals surface area contributed by atoms with Crippen LogP contribution in [0.25, 0.3) is 10.8 Å². The van der Waals surface area contributed by atoms with Crippen molar-refractivity contribution in [2.24, 2.45) is 0 Å². The van der Waals surface area contributed by atoms with E-state index in [1.54, 1.807) is 42.7 Å². The molecule has 2 aromatic carbocycles. The third kappa shape index (κ3) is 4.17. The van der Waals surface area contributed by atoms with Gasteiger partial charge >= 0.3 is 0 Å². The van der Waals surface area contributed by atoms with Crippen molar-refractivity contribution in [2.75, 3.05) is 0 Å². The minimum absolute atomic E-state index is 0.180. The molecule has 29 heavy (non-hydrogen) atoms. The highest BCUT2D eigenvalue weighted by Gasteiger charge is 2.13. The molecular weight excluding hydrogens is 388 g/mol.